The SMILES string of the molecule is O=C(Cn1c(=O)[nH]c2cc(F)ccc21)N1CCN(c2ccccc2F)CC1. The Morgan fingerprint density at radius 3 is 2.52 bits per heavy atom. The molecule has 1 saturated heterocycles. The Kier molecular flexibility index (Phi) is 4.39. The lowest BCUT2D eigenvalue weighted by molar-refractivity contribution is -0.132. The van der Waals surface area contributed by atoms with E-state index in [1.807, 2.05) is 4.90 Å². The predicted octanol–water partition coefficient (Wildman–Crippen LogP) is 1.96. The maximum Gasteiger partial charge on any atom is 0.326 e. The fraction of sp³-hybridized carbons (Fsp3) is 0.263. The molecule has 1 N–H and O–H groups in total. The molecule has 4 rings (SSSR count). The van der Waals surface area contributed by atoms with Gasteiger partial charge in [0.25, 0.3) is 0 Å². The number of H-pyrrole nitrogens is 1. The monoisotopic (exact) mass is 372 g/mol. The van der Waals surface area contributed by atoms with E-state index < -0.39 is 11.5 Å². The summed E-state index contributed by atoms with van der Waals surface area (Å²) in [5.74, 6) is -0.933. The second kappa shape index (κ2) is 6.86. The van der Waals surface area contributed by atoms with Gasteiger partial charge in [-0.1, -0.05) is 12.1 Å². The third-order valence-corrected chi connectivity index (χ3v) is 4.86. The zero-order chi connectivity index (χ0) is 19.0. The van der Waals surface area contributed by atoms with Crippen LogP contribution in [0.25, 0.3) is 11.0 Å². The first-order chi connectivity index (χ1) is 13.0. The Morgan fingerprint density at radius 1 is 1.04 bits per heavy atom. The molecule has 140 valence electrons. The lowest BCUT2D eigenvalue weighted by Gasteiger charge is -2.36. The van der Waals surface area contributed by atoms with Crippen LogP contribution in [-0.4, -0.2) is 46.5 Å². The maximum atomic E-state index is 13.9. The van der Waals surface area contributed by atoms with Crippen LogP contribution in [0.4, 0.5) is 14.5 Å². The van der Waals surface area contributed by atoms with E-state index >= 15 is 0 Å². The molecule has 2 heterocycles. The fourth-order valence-corrected chi connectivity index (χ4v) is 3.43. The van der Waals surface area contributed by atoms with Crippen LogP contribution in [0.5, 0.6) is 0 Å². The van der Waals surface area contributed by atoms with Crippen molar-refractivity contribution in [2.75, 3.05) is 31.1 Å². The van der Waals surface area contributed by atoms with Crippen LogP contribution in [0.15, 0.2) is 47.3 Å². The number of aromatic amines is 1. The molecule has 1 fully saturated rings. The van der Waals surface area contributed by atoms with Crippen molar-refractivity contribution in [3.63, 3.8) is 0 Å². The molecule has 0 aliphatic carbocycles. The third kappa shape index (κ3) is 3.30. The lowest BCUT2D eigenvalue weighted by atomic mass is 10.2. The number of fused-ring (bicyclic) bond motifs is 1. The molecule has 27 heavy (non-hydrogen) atoms. The van der Waals surface area contributed by atoms with Gasteiger partial charge >= 0.3 is 5.69 Å². The van der Waals surface area contributed by atoms with Gasteiger partial charge in [-0.15, -0.1) is 0 Å². The number of amides is 1. The van der Waals surface area contributed by atoms with Crippen molar-refractivity contribution in [3.8, 4) is 0 Å². The van der Waals surface area contributed by atoms with Crippen molar-refractivity contribution >= 4 is 22.6 Å². The minimum atomic E-state index is -0.452. The summed E-state index contributed by atoms with van der Waals surface area (Å²) in [6.45, 7) is 1.79. The molecule has 3 aromatic rings. The van der Waals surface area contributed by atoms with Crippen molar-refractivity contribution in [1.82, 2.24) is 14.5 Å². The molecule has 0 spiro atoms. The smallest absolute Gasteiger partial charge is 0.326 e. The molecule has 1 amide bonds. The predicted molar refractivity (Wildman–Crippen MR) is 97.7 cm³/mol. The molecule has 6 nitrogen and oxygen atoms in total. The number of nitrogens with zero attached hydrogens (tertiary/aromatic N) is 3. The van der Waals surface area contributed by atoms with Gasteiger partial charge in [0.05, 0.1) is 16.7 Å². The van der Waals surface area contributed by atoms with Gasteiger partial charge in [-0.3, -0.25) is 9.36 Å². The van der Waals surface area contributed by atoms with Crippen LogP contribution >= 0.6 is 0 Å². The zero-order valence-electron chi connectivity index (χ0n) is 14.5. The molecule has 1 aliphatic heterocycles. The first-order valence-electron chi connectivity index (χ1n) is 8.68. The largest absolute Gasteiger partial charge is 0.366 e. The number of hydrogen-bond donors (Lipinski definition) is 1. The van der Waals surface area contributed by atoms with Crippen LogP contribution in [0, 0.1) is 11.6 Å². The number of carbonyl (C=O) groups excluding carboxylic acids is 1. The average molecular weight is 372 g/mol. The molecule has 0 atom stereocenters. The van der Waals surface area contributed by atoms with Crippen molar-refractivity contribution in [2.45, 2.75) is 6.54 Å². The van der Waals surface area contributed by atoms with Crippen LogP contribution in [0.1, 0.15) is 0 Å². The summed E-state index contributed by atoms with van der Waals surface area (Å²) in [6, 6.07) is 10.5. The average Bonchev–Trinajstić information content (AvgIpc) is 2.96. The number of imidazole rings is 1. The number of hydrogen-bond acceptors (Lipinski definition) is 3. The molecule has 0 saturated carbocycles. The summed E-state index contributed by atoms with van der Waals surface area (Å²) in [7, 11) is 0. The third-order valence-electron chi connectivity index (χ3n) is 4.86. The summed E-state index contributed by atoms with van der Waals surface area (Å²) >= 11 is 0. The summed E-state index contributed by atoms with van der Waals surface area (Å²) in [5.41, 5.74) is 0.922. The van der Waals surface area contributed by atoms with Crippen molar-refractivity contribution in [1.29, 1.82) is 0 Å². The highest BCUT2D eigenvalue weighted by Gasteiger charge is 2.23. The highest BCUT2D eigenvalue weighted by molar-refractivity contribution is 5.80. The second-order valence-electron chi connectivity index (χ2n) is 6.50. The van der Waals surface area contributed by atoms with E-state index in [0.29, 0.717) is 42.9 Å². The van der Waals surface area contributed by atoms with E-state index in [0.717, 1.165) is 0 Å². The molecule has 0 bridgehead atoms. The summed E-state index contributed by atoms with van der Waals surface area (Å²) < 4.78 is 28.5. The number of rotatable bonds is 3. The first kappa shape index (κ1) is 17.3. The van der Waals surface area contributed by atoms with Crippen molar-refractivity contribution < 1.29 is 13.6 Å². The zero-order valence-corrected chi connectivity index (χ0v) is 14.5. The van der Waals surface area contributed by atoms with Gasteiger partial charge in [-0.25, -0.2) is 13.6 Å². The van der Waals surface area contributed by atoms with E-state index in [-0.39, 0.29) is 18.3 Å². The first-order valence-corrected chi connectivity index (χ1v) is 8.68. The molecule has 0 radical (unpaired) electrons. The number of halogens is 2. The number of piperazine rings is 1. The second-order valence-corrected chi connectivity index (χ2v) is 6.50. The van der Waals surface area contributed by atoms with Crippen LogP contribution in [-0.2, 0) is 11.3 Å². The lowest BCUT2D eigenvalue weighted by Crippen LogP contribution is -2.50. The van der Waals surface area contributed by atoms with Crippen LogP contribution < -0.4 is 10.6 Å². The van der Waals surface area contributed by atoms with Gasteiger partial charge in [-0.2, -0.15) is 0 Å². The maximum absolute atomic E-state index is 13.9. The summed E-state index contributed by atoms with van der Waals surface area (Å²) in [6.07, 6.45) is 0. The molecular weight excluding hydrogens is 354 g/mol. The Bertz CT molecular complexity index is 1050. The number of anilines is 1. The van der Waals surface area contributed by atoms with Crippen molar-refractivity contribution in [3.05, 3.63) is 64.6 Å². The highest BCUT2D eigenvalue weighted by atomic mass is 19.1. The van der Waals surface area contributed by atoms with E-state index in [9.17, 15) is 18.4 Å². The van der Waals surface area contributed by atoms with Gasteiger partial charge in [0.15, 0.2) is 0 Å². The van der Waals surface area contributed by atoms with E-state index in [1.165, 1.54) is 28.8 Å². The standard InChI is InChI=1S/C19H18F2N4O2/c20-13-5-6-17-15(11-13)22-19(27)25(17)12-18(26)24-9-7-23(8-10-24)16-4-2-1-3-14(16)21/h1-6,11H,7-10,12H2,(H,22,27). The van der Waals surface area contributed by atoms with Gasteiger partial charge < -0.3 is 14.8 Å². The van der Waals surface area contributed by atoms with E-state index in [4.69, 9.17) is 0 Å². The highest BCUT2D eigenvalue weighted by Crippen LogP contribution is 2.20. The number of aromatic nitrogens is 2. The molecule has 1 aliphatic rings. The minimum absolute atomic E-state index is 0.121. The quantitative estimate of drug-likeness (QED) is 0.765. The Hall–Kier alpha value is -3.16. The molecule has 1 aromatic heterocycles. The molecule has 0 unspecified atom stereocenters. The Balaban J connectivity index is 1.46. The summed E-state index contributed by atoms with van der Waals surface area (Å²) in [5, 5.41) is 0. The minimum Gasteiger partial charge on any atom is -0.366 e. The van der Waals surface area contributed by atoms with Crippen LogP contribution in [0.2, 0.25) is 0 Å². The normalized spacial score (nSPS) is 14.7. The number of carbonyl (C=O) groups is 1. The van der Waals surface area contributed by atoms with Crippen molar-refractivity contribution in [2.24, 2.45) is 0 Å². The summed E-state index contributed by atoms with van der Waals surface area (Å²) in [4.78, 5) is 30.9. The van der Waals surface area contributed by atoms with Gasteiger partial charge in [-0.05, 0) is 30.3 Å². The topological polar surface area (TPSA) is 61.3 Å². The fourth-order valence-electron chi connectivity index (χ4n) is 3.43. The van der Waals surface area contributed by atoms with Crippen LogP contribution in [0.3, 0.4) is 0 Å². The Morgan fingerprint density at radius 2 is 1.78 bits per heavy atom. The van der Waals surface area contributed by atoms with E-state index in [2.05, 4.69) is 4.98 Å². The molecular formula is C19H18F2N4O2. The Labute approximate surface area is 153 Å². The number of nitrogens with one attached hydrogen (secondary N) is 1. The number of benzene rings is 2. The molecule has 2 aromatic carbocycles. The van der Waals surface area contributed by atoms with Gasteiger partial charge in [0.2, 0.25) is 5.91 Å². The number of para-hydroxylation sites is 1. The van der Waals surface area contributed by atoms with Gasteiger partial charge in [0, 0.05) is 26.2 Å². The van der Waals surface area contributed by atoms with Gasteiger partial charge in [0.1, 0.15) is 18.2 Å². The molecule has 8 heteroatoms. The van der Waals surface area contributed by atoms with E-state index in [1.54, 1.807) is 23.1 Å².